The SMILES string of the molecule is CC1CNC(C)(C2CC2)CN1c1ccccc1SC(F)F. The van der Waals surface area contributed by atoms with Crippen molar-refractivity contribution in [1.82, 2.24) is 5.32 Å². The van der Waals surface area contributed by atoms with Gasteiger partial charge >= 0.3 is 0 Å². The molecule has 0 aromatic heterocycles. The minimum Gasteiger partial charge on any atom is -0.365 e. The van der Waals surface area contributed by atoms with Crippen LogP contribution in [0.4, 0.5) is 14.5 Å². The molecule has 1 aromatic carbocycles. The maximum atomic E-state index is 12.8. The van der Waals surface area contributed by atoms with E-state index in [0.717, 1.165) is 24.7 Å². The van der Waals surface area contributed by atoms with Crippen molar-refractivity contribution in [3.8, 4) is 0 Å². The van der Waals surface area contributed by atoms with E-state index in [-0.39, 0.29) is 5.54 Å². The second-order valence-corrected chi connectivity index (χ2v) is 7.43. The van der Waals surface area contributed by atoms with Crippen molar-refractivity contribution < 1.29 is 8.78 Å². The molecule has 2 unspecified atom stereocenters. The summed E-state index contributed by atoms with van der Waals surface area (Å²) in [6, 6.07) is 7.86. The molecule has 0 radical (unpaired) electrons. The summed E-state index contributed by atoms with van der Waals surface area (Å²) in [5, 5.41) is 3.67. The molecular formula is C16H22F2N2S. The van der Waals surface area contributed by atoms with Gasteiger partial charge in [-0.25, -0.2) is 0 Å². The smallest absolute Gasteiger partial charge is 0.288 e. The molecule has 5 heteroatoms. The van der Waals surface area contributed by atoms with E-state index in [1.807, 2.05) is 18.2 Å². The van der Waals surface area contributed by atoms with Crippen LogP contribution in [0, 0.1) is 5.92 Å². The van der Waals surface area contributed by atoms with E-state index in [0.29, 0.717) is 22.7 Å². The van der Waals surface area contributed by atoms with Crippen molar-refractivity contribution in [2.45, 2.75) is 48.9 Å². The molecule has 116 valence electrons. The number of nitrogens with zero attached hydrogens (tertiary/aromatic N) is 1. The number of piperazine rings is 1. The highest BCUT2D eigenvalue weighted by Crippen LogP contribution is 2.43. The molecule has 2 aliphatic rings. The molecule has 2 fully saturated rings. The average molecular weight is 312 g/mol. The summed E-state index contributed by atoms with van der Waals surface area (Å²) in [6.45, 7) is 6.22. The van der Waals surface area contributed by atoms with Gasteiger partial charge in [-0.05, 0) is 44.7 Å². The maximum absolute atomic E-state index is 12.8. The van der Waals surface area contributed by atoms with Gasteiger partial charge in [0.05, 0.1) is 5.69 Å². The lowest BCUT2D eigenvalue weighted by atomic mass is 9.91. The van der Waals surface area contributed by atoms with Crippen LogP contribution in [-0.4, -0.2) is 30.4 Å². The number of para-hydroxylation sites is 1. The first-order chi connectivity index (χ1) is 9.99. The highest BCUT2D eigenvalue weighted by Gasteiger charge is 2.45. The summed E-state index contributed by atoms with van der Waals surface area (Å²) in [4.78, 5) is 2.99. The van der Waals surface area contributed by atoms with Crippen LogP contribution in [-0.2, 0) is 0 Å². The van der Waals surface area contributed by atoms with Gasteiger partial charge in [-0.3, -0.25) is 0 Å². The van der Waals surface area contributed by atoms with E-state index >= 15 is 0 Å². The molecular weight excluding hydrogens is 290 g/mol. The fourth-order valence-corrected chi connectivity index (χ4v) is 3.92. The lowest BCUT2D eigenvalue weighted by molar-refractivity contribution is 0.251. The number of thioether (sulfide) groups is 1. The van der Waals surface area contributed by atoms with Gasteiger partial charge in [0.1, 0.15) is 0 Å². The number of hydrogen-bond acceptors (Lipinski definition) is 3. The minimum absolute atomic E-state index is 0.106. The summed E-state index contributed by atoms with van der Waals surface area (Å²) >= 11 is 0.649. The van der Waals surface area contributed by atoms with Gasteiger partial charge in [-0.2, -0.15) is 8.78 Å². The minimum atomic E-state index is -2.38. The second-order valence-electron chi connectivity index (χ2n) is 6.40. The molecule has 1 aliphatic carbocycles. The molecule has 0 bridgehead atoms. The Hall–Kier alpha value is -0.810. The van der Waals surface area contributed by atoms with E-state index in [1.165, 1.54) is 12.8 Å². The monoisotopic (exact) mass is 312 g/mol. The summed E-state index contributed by atoms with van der Waals surface area (Å²) < 4.78 is 25.6. The Bertz CT molecular complexity index is 507. The molecule has 21 heavy (non-hydrogen) atoms. The summed E-state index contributed by atoms with van der Waals surface area (Å²) in [5.41, 5.74) is 1.05. The van der Waals surface area contributed by atoms with Crippen LogP contribution in [0.25, 0.3) is 0 Å². The van der Waals surface area contributed by atoms with Crippen molar-refractivity contribution in [3.63, 3.8) is 0 Å². The fourth-order valence-electron chi connectivity index (χ4n) is 3.26. The Morgan fingerprint density at radius 3 is 2.71 bits per heavy atom. The number of nitrogens with one attached hydrogen (secondary N) is 1. The summed E-state index contributed by atoms with van der Waals surface area (Å²) in [6.07, 6.45) is 2.55. The number of alkyl halides is 2. The molecule has 2 nitrogen and oxygen atoms in total. The normalized spacial score (nSPS) is 30.0. The molecule has 3 rings (SSSR count). The van der Waals surface area contributed by atoms with Crippen LogP contribution in [0.1, 0.15) is 26.7 Å². The lowest BCUT2D eigenvalue weighted by Gasteiger charge is -2.47. The summed E-state index contributed by atoms with van der Waals surface area (Å²) in [5.74, 6) is -1.65. The zero-order chi connectivity index (χ0) is 15.0. The van der Waals surface area contributed by atoms with Crippen molar-refractivity contribution in [2.75, 3.05) is 18.0 Å². The molecule has 1 aromatic rings. The van der Waals surface area contributed by atoms with Crippen molar-refractivity contribution >= 4 is 17.4 Å². The second kappa shape index (κ2) is 5.76. The average Bonchev–Trinajstić information content (AvgIpc) is 3.27. The molecule has 1 N–H and O–H groups in total. The third-order valence-corrected chi connectivity index (χ3v) is 5.48. The van der Waals surface area contributed by atoms with E-state index in [4.69, 9.17) is 0 Å². The number of rotatable bonds is 4. The van der Waals surface area contributed by atoms with Crippen LogP contribution < -0.4 is 10.2 Å². The Morgan fingerprint density at radius 2 is 2.05 bits per heavy atom. The third kappa shape index (κ3) is 3.19. The quantitative estimate of drug-likeness (QED) is 0.847. The first-order valence-electron chi connectivity index (χ1n) is 7.55. The fraction of sp³-hybridized carbons (Fsp3) is 0.625. The van der Waals surface area contributed by atoms with E-state index < -0.39 is 5.76 Å². The number of halogens is 2. The number of hydrogen-bond donors (Lipinski definition) is 1. The predicted octanol–water partition coefficient (Wildman–Crippen LogP) is 3.97. The molecule has 0 spiro atoms. The van der Waals surface area contributed by atoms with Gasteiger partial charge in [-0.15, -0.1) is 0 Å². The van der Waals surface area contributed by atoms with Crippen LogP contribution in [0.2, 0.25) is 0 Å². The van der Waals surface area contributed by atoms with Crippen molar-refractivity contribution in [1.29, 1.82) is 0 Å². The van der Waals surface area contributed by atoms with E-state index in [9.17, 15) is 8.78 Å². The topological polar surface area (TPSA) is 15.3 Å². The van der Waals surface area contributed by atoms with Crippen LogP contribution in [0.3, 0.4) is 0 Å². The van der Waals surface area contributed by atoms with Gasteiger partial charge in [0.25, 0.3) is 5.76 Å². The molecule has 0 amide bonds. The maximum Gasteiger partial charge on any atom is 0.288 e. The van der Waals surface area contributed by atoms with Crippen LogP contribution in [0.5, 0.6) is 0 Å². The van der Waals surface area contributed by atoms with Crippen molar-refractivity contribution in [3.05, 3.63) is 24.3 Å². The van der Waals surface area contributed by atoms with Gasteiger partial charge in [-0.1, -0.05) is 23.9 Å². The van der Waals surface area contributed by atoms with Gasteiger partial charge in [0, 0.05) is 29.6 Å². The molecule has 1 saturated carbocycles. The molecule has 2 atom stereocenters. The van der Waals surface area contributed by atoms with Crippen molar-refractivity contribution in [2.24, 2.45) is 5.92 Å². The molecule has 1 heterocycles. The van der Waals surface area contributed by atoms with Crippen LogP contribution in [0.15, 0.2) is 29.2 Å². The zero-order valence-electron chi connectivity index (χ0n) is 12.5. The Balaban J connectivity index is 1.87. The molecule has 1 aliphatic heterocycles. The standard InChI is InChI=1S/C16H22F2N2S/c1-11-9-19-16(2,12-7-8-12)10-20(11)13-5-3-4-6-14(13)21-15(17)18/h3-6,11-12,15,19H,7-10H2,1-2H3. The van der Waals surface area contributed by atoms with Gasteiger partial charge in [0.15, 0.2) is 0 Å². The lowest BCUT2D eigenvalue weighted by Crippen LogP contribution is -2.63. The third-order valence-electron chi connectivity index (χ3n) is 4.70. The number of anilines is 1. The van der Waals surface area contributed by atoms with Gasteiger partial charge < -0.3 is 10.2 Å². The highest BCUT2D eigenvalue weighted by molar-refractivity contribution is 7.99. The van der Waals surface area contributed by atoms with Crippen LogP contribution >= 0.6 is 11.8 Å². The Morgan fingerprint density at radius 1 is 1.33 bits per heavy atom. The molecule has 1 saturated heterocycles. The highest BCUT2D eigenvalue weighted by atomic mass is 32.2. The van der Waals surface area contributed by atoms with E-state index in [1.54, 1.807) is 6.07 Å². The first-order valence-corrected chi connectivity index (χ1v) is 8.43. The van der Waals surface area contributed by atoms with E-state index in [2.05, 4.69) is 24.1 Å². The Kier molecular flexibility index (Phi) is 4.14. The largest absolute Gasteiger partial charge is 0.365 e. The predicted molar refractivity (Wildman–Crippen MR) is 84.2 cm³/mol. The zero-order valence-corrected chi connectivity index (χ0v) is 13.3. The Labute approximate surface area is 129 Å². The summed E-state index contributed by atoms with van der Waals surface area (Å²) in [7, 11) is 0. The van der Waals surface area contributed by atoms with Gasteiger partial charge in [0.2, 0.25) is 0 Å². The first kappa shape index (κ1) is 15.1. The number of benzene rings is 1.